The molecule has 18 heteroatoms. The molecular formula is C16H24ClN5O10P2. The van der Waals surface area contributed by atoms with Gasteiger partial charge in [0.25, 0.3) is 0 Å². The molecule has 3 rings (SSSR count). The number of nitrogen functional groups attached to an aromatic ring is 1. The standard InChI is InChI=1S/C16H24ClN5O10P2/c17-6-9(23)2-1-5-29-33(19,26)32-34(27,28)30-7-11-13(24)14(25)16(31-11)22-8-21-12-10(18)3-4-20-15(12)22/h3-4,8,11,13-14,16,24-25H,1-2,5-7H2,(H2,18,20)(H2,19,26)(H,27,28)/t11-,13-,14-,16-,33?/m1/s1. The molecule has 0 radical (unpaired) electrons. The third-order valence-electron chi connectivity index (χ3n) is 4.74. The summed E-state index contributed by atoms with van der Waals surface area (Å²) in [6, 6.07) is 1.54. The van der Waals surface area contributed by atoms with Crippen LogP contribution in [0.4, 0.5) is 5.69 Å². The largest absolute Gasteiger partial charge is 0.480 e. The highest BCUT2D eigenvalue weighted by atomic mass is 35.5. The molecule has 2 unspecified atom stereocenters. The number of pyridine rings is 1. The molecule has 7 N–H and O–H groups in total. The zero-order valence-electron chi connectivity index (χ0n) is 17.5. The van der Waals surface area contributed by atoms with E-state index in [1.54, 1.807) is 0 Å². The Morgan fingerprint density at radius 3 is 2.71 bits per heavy atom. The second-order valence-electron chi connectivity index (χ2n) is 7.27. The minimum atomic E-state index is -5.03. The molecule has 190 valence electrons. The summed E-state index contributed by atoms with van der Waals surface area (Å²) in [6.45, 7) is -1.04. The number of phosphoric ester groups is 1. The molecule has 3 heterocycles. The Labute approximate surface area is 198 Å². The summed E-state index contributed by atoms with van der Waals surface area (Å²) >= 11 is 5.35. The average molecular weight is 544 g/mol. The van der Waals surface area contributed by atoms with Crippen molar-refractivity contribution < 1.29 is 47.1 Å². The molecule has 6 atom stereocenters. The number of ether oxygens (including phenoxy) is 1. The van der Waals surface area contributed by atoms with Gasteiger partial charge < -0.3 is 25.6 Å². The number of aliphatic hydroxyl groups excluding tert-OH is 2. The SMILES string of the molecule is Nc1ccnc2c1ncn2[C@@H]1O[C@H](COP(=O)(O)OP(N)(=O)OCCCC(=O)CCl)[C@@H](O)[C@H]1O. The van der Waals surface area contributed by atoms with E-state index in [9.17, 15) is 29.0 Å². The van der Waals surface area contributed by atoms with Gasteiger partial charge in [-0.15, -0.1) is 11.6 Å². The van der Waals surface area contributed by atoms with Gasteiger partial charge in [0.2, 0.25) is 0 Å². The van der Waals surface area contributed by atoms with E-state index in [1.165, 1.54) is 23.2 Å². The number of phosphoric acid groups is 1. The molecule has 0 saturated carbocycles. The first-order valence-corrected chi connectivity index (χ1v) is 13.5. The van der Waals surface area contributed by atoms with Crippen molar-refractivity contribution in [1.29, 1.82) is 0 Å². The number of hydrogen-bond donors (Lipinski definition) is 5. The van der Waals surface area contributed by atoms with Crippen molar-refractivity contribution in [3.63, 3.8) is 0 Å². The molecule has 1 fully saturated rings. The van der Waals surface area contributed by atoms with E-state index in [-0.39, 0.29) is 36.8 Å². The van der Waals surface area contributed by atoms with E-state index >= 15 is 0 Å². The van der Waals surface area contributed by atoms with E-state index in [0.717, 1.165) is 0 Å². The number of nitrogens with zero attached hydrogens (tertiary/aromatic N) is 3. The molecule has 2 aromatic rings. The molecule has 0 aromatic carbocycles. The summed E-state index contributed by atoms with van der Waals surface area (Å²) in [6.07, 6.45) is -2.60. The van der Waals surface area contributed by atoms with Crippen molar-refractivity contribution in [3.05, 3.63) is 18.6 Å². The second kappa shape index (κ2) is 11.1. The van der Waals surface area contributed by atoms with Crippen molar-refractivity contribution in [2.75, 3.05) is 24.8 Å². The van der Waals surface area contributed by atoms with Crippen LogP contribution in [0.5, 0.6) is 0 Å². The van der Waals surface area contributed by atoms with Crippen LogP contribution in [-0.2, 0) is 32.0 Å². The normalized spacial score (nSPS) is 26.4. The van der Waals surface area contributed by atoms with E-state index < -0.39 is 46.7 Å². The van der Waals surface area contributed by atoms with Crippen molar-refractivity contribution >= 4 is 49.8 Å². The zero-order valence-corrected chi connectivity index (χ0v) is 20.1. The number of rotatable bonds is 12. The fourth-order valence-electron chi connectivity index (χ4n) is 3.12. The van der Waals surface area contributed by atoms with Crippen LogP contribution in [0.15, 0.2) is 18.6 Å². The number of ketones is 1. The lowest BCUT2D eigenvalue weighted by molar-refractivity contribution is -0.116. The maximum Gasteiger partial charge on any atom is 0.480 e. The van der Waals surface area contributed by atoms with Crippen LogP contribution in [0.3, 0.4) is 0 Å². The summed E-state index contributed by atoms with van der Waals surface area (Å²) in [5.74, 6) is -0.462. The fraction of sp³-hybridized carbons (Fsp3) is 0.562. The van der Waals surface area contributed by atoms with Crippen LogP contribution in [0.25, 0.3) is 11.2 Å². The number of carbonyl (C=O) groups is 1. The number of aliphatic hydroxyl groups is 2. The highest BCUT2D eigenvalue weighted by Gasteiger charge is 2.46. The molecule has 15 nitrogen and oxygen atoms in total. The number of fused-ring (bicyclic) bond motifs is 1. The van der Waals surface area contributed by atoms with Gasteiger partial charge >= 0.3 is 15.6 Å². The van der Waals surface area contributed by atoms with Crippen LogP contribution in [0.2, 0.25) is 0 Å². The maximum atomic E-state index is 12.2. The first-order chi connectivity index (χ1) is 15.9. The Hall–Kier alpha value is -1.48. The van der Waals surface area contributed by atoms with Crippen LogP contribution >= 0.6 is 27.2 Å². The minimum Gasteiger partial charge on any atom is -0.397 e. The van der Waals surface area contributed by atoms with Gasteiger partial charge in [-0.2, -0.15) is 4.31 Å². The molecule has 1 aliphatic rings. The van der Waals surface area contributed by atoms with E-state index in [4.69, 9.17) is 36.6 Å². The Morgan fingerprint density at radius 2 is 2.00 bits per heavy atom. The maximum absolute atomic E-state index is 12.2. The Morgan fingerprint density at radius 1 is 1.26 bits per heavy atom. The quantitative estimate of drug-likeness (QED) is 0.139. The highest BCUT2D eigenvalue weighted by molar-refractivity contribution is 7.63. The highest BCUT2D eigenvalue weighted by Crippen LogP contribution is 2.58. The topological polar surface area (TPSA) is 232 Å². The summed E-state index contributed by atoms with van der Waals surface area (Å²) in [5, 5.41) is 20.7. The Kier molecular flexibility index (Phi) is 8.82. The molecule has 0 aliphatic carbocycles. The van der Waals surface area contributed by atoms with Gasteiger partial charge in [-0.3, -0.25) is 18.4 Å². The smallest absolute Gasteiger partial charge is 0.397 e. The van der Waals surface area contributed by atoms with E-state index in [0.29, 0.717) is 11.2 Å². The number of anilines is 1. The molecule has 1 aliphatic heterocycles. The van der Waals surface area contributed by atoms with Crippen LogP contribution < -0.4 is 11.2 Å². The molecule has 0 amide bonds. The molecule has 34 heavy (non-hydrogen) atoms. The molecule has 0 spiro atoms. The van der Waals surface area contributed by atoms with Crippen molar-refractivity contribution in [3.8, 4) is 0 Å². The number of imidazole rings is 1. The number of alkyl halides is 1. The molecule has 1 saturated heterocycles. The van der Waals surface area contributed by atoms with Gasteiger partial charge in [0, 0.05) is 12.6 Å². The zero-order chi connectivity index (χ0) is 25.1. The number of halogens is 1. The fourth-order valence-corrected chi connectivity index (χ4v) is 5.50. The van der Waals surface area contributed by atoms with Gasteiger partial charge in [-0.1, -0.05) is 0 Å². The summed E-state index contributed by atoms with van der Waals surface area (Å²) < 4.78 is 45.0. The number of hydrogen-bond acceptors (Lipinski definition) is 12. The lowest BCUT2D eigenvalue weighted by atomic mass is 10.1. The van der Waals surface area contributed by atoms with Gasteiger partial charge in [-0.05, 0) is 12.5 Å². The predicted octanol–water partition coefficient (Wildman–Crippen LogP) is 0.438. The van der Waals surface area contributed by atoms with E-state index in [2.05, 4.69) is 14.3 Å². The van der Waals surface area contributed by atoms with Crippen molar-refractivity contribution in [2.24, 2.45) is 5.50 Å². The lowest BCUT2D eigenvalue weighted by Crippen LogP contribution is -2.33. The first-order valence-electron chi connectivity index (χ1n) is 9.82. The van der Waals surface area contributed by atoms with Gasteiger partial charge in [0.05, 0.1) is 31.1 Å². The molecule has 0 bridgehead atoms. The number of nitrogens with two attached hydrogens (primary N) is 2. The van der Waals surface area contributed by atoms with Gasteiger partial charge in [0.1, 0.15) is 29.6 Å². The average Bonchev–Trinajstić information content (AvgIpc) is 3.31. The summed E-state index contributed by atoms with van der Waals surface area (Å²) in [7, 11) is -9.56. The monoisotopic (exact) mass is 543 g/mol. The van der Waals surface area contributed by atoms with Crippen LogP contribution in [0.1, 0.15) is 19.1 Å². The lowest BCUT2D eigenvalue weighted by Gasteiger charge is -2.19. The molecular weight excluding hydrogens is 520 g/mol. The minimum absolute atomic E-state index is 0.0332. The predicted molar refractivity (Wildman–Crippen MR) is 117 cm³/mol. The second-order valence-corrected chi connectivity index (χ2v) is 10.7. The summed E-state index contributed by atoms with van der Waals surface area (Å²) in [4.78, 5) is 29.2. The van der Waals surface area contributed by atoms with Crippen molar-refractivity contribution in [1.82, 2.24) is 14.5 Å². The molecule has 2 aromatic heterocycles. The van der Waals surface area contributed by atoms with Crippen molar-refractivity contribution in [2.45, 2.75) is 37.4 Å². The van der Waals surface area contributed by atoms with Crippen LogP contribution in [-0.4, -0.2) is 72.8 Å². The number of Topliss-reactive ketones (excluding diaryl/α,β-unsaturated/α-hetero) is 1. The van der Waals surface area contributed by atoms with Crippen LogP contribution in [0, 0.1) is 0 Å². The Balaban J connectivity index is 1.57. The Bertz CT molecular complexity index is 1120. The van der Waals surface area contributed by atoms with Gasteiger partial charge in [-0.25, -0.2) is 24.6 Å². The third-order valence-corrected chi connectivity index (χ3v) is 7.79. The van der Waals surface area contributed by atoms with E-state index in [1.807, 2.05) is 0 Å². The number of carbonyl (C=O) groups excluding carboxylic acids is 1. The first kappa shape index (κ1) is 27.1. The van der Waals surface area contributed by atoms with Gasteiger partial charge in [0.15, 0.2) is 11.9 Å². The summed E-state index contributed by atoms with van der Waals surface area (Å²) in [5.41, 5.74) is 12.1. The third kappa shape index (κ3) is 6.59. The number of aromatic nitrogens is 3.